The Hall–Kier alpha value is -3.84. The molecule has 0 radical (unpaired) electrons. The van der Waals surface area contributed by atoms with Crippen LogP contribution in [0.15, 0.2) is 18.2 Å². The van der Waals surface area contributed by atoms with E-state index >= 15 is 0 Å². The van der Waals surface area contributed by atoms with E-state index in [0.717, 1.165) is 76.4 Å². The second-order valence-electron chi connectivity index (χ2n) is 14.9. The van der Waals surface area contributed by atoms with Crippen LogP contribution in [-0.4, -0.2) is 120 Å². The number of hydrogen-bond donors (Lipinski definition) is 3. The summed E-state index contributed by atoms with van der Waals surface area (Å²) in [7, 11) is 2.20. The number of nitrogens with two attached hydrogens (primary N) is 1. The Morgan fingerprint density at radius 1 is 1.00 bits per heavy atom. The first-order chi connectivity index (χ1) is 23.3. The van der Waals surface area contributed by atoms with Gasteiger partial charge in [0, 0.05) is 76.2 Å². The second kappa shape index (κ2) is 15.8. The highest BCUT2D eigenvalue weighted by Crippen LogP contribution is 2.36. The van der Waals surface area contributed by atoms with Crippen LogP contribution in [0.3, 0.4) is 0 Å². The van der Waals surface area contributed by atoms with Gasteiger partial charge in [0.2, 0.25) is 0 Å². The van der Waals surface area contributed by atoms with Crippen LogP contribution >= 0.6 is 0 Å². The lowest BCUT2D eigenvalue weighted by atomic mass is 10.0. The molecule has 13 nitrogen and oxygen atoms in total. The highest BCUT2D eigenvalue weighted by Gasteiger charge is 2.30. The third-order valence-corrected chi connectivity index (χ3v) is 9.39. The SMILES string of the molecule is CCc1nc(C(N)=O)c(Nc2ccc(N3CCC(N4CCN(C)CC4)CC3)c(OC(C)C)c2)nc1N[C@@H]1CCCN(C(=O)OC(C)(C)C)C1. The highest BCUT2D eigenvalue weighted by molar-refractivity contribution is 5.96. The number of hydrogen-bond acceptors (Lipinski definition) is 11. The summed E-state index contributed by atoms with van der Waals surface area (Å²) < 4.78 is 12.0. The van der Waals surface area contributed by atoms with Gasteiger partial charge in [-0.2, -0.15) is 0 Å². The van der Waals surface area contributed by atoms with Gasteiger partial charge in [-0.15, -0.1) is 0 Å². The van der Waals surface area contributed by atoms with Crippen LogP contribution < -0.4 is 26.0 Å². The minimum Gasteiger partial charge on any atom is -0.489 e. The Labute approximate surface area is 291 Å². The number of amides is 2. The summed E-state index contributed by atoms with van der Waals surface area (Å²) in [4.78, 5) is 44.1. The first-order valence-corrected chi connectivity index (χ1v) is 18.0. The molecule has 3 saturated heterocycles. The topological polar surface area (TPSA) is 141 Å². The number of carbonyl (C=O) groups excluding carboxylic acids is 2. The van der Waals surface area contributed by atoms with Gasteiger partial charge in [0.25, 0.3) is 5.91 Å². The number of aromatic nitrogens is 2. The fourth-order valence-corrected chi connectivity index (χ4v) is 6.87. The largest absolute Gasteiger partial charge is 0.489 e. The van der Waals surface area contributed by atoms with E-state index in [1.807, 2.05) is 53.7 Å². The zero-order valence-corrected chi connectivity index (χ0v) is 30.6. The smallest absolute Gasteiger partial charge is 0.410 e. The molecule has 5 rings (SSSR count). The number of likely N-dealkylation sites (N-methyl/N-ethyl adjacent to an activating group) is 1. The van der Waals surface area contributed by atoms with Gasteiger partial charge in [0.15, 0.2) is 17.3 Å². The molecule has 0 spiro atoms. The summed E-state index contributed by atoms with van der Waals surface area (Å²) in [6.45, 7) is 19.2. The summed E-state index contributed by atoms with van der Waals surface area (Å²) in [6.07, 6.45) is 4.13. The molecule has 1 aromatic heterocycles. The Kier molecular flexibility index (Phi) is 11.7. The Balaban J connectivity index is 1.33. The van der Waals surface area contributed by atoms with Crippen molar-refractivity contribution in [1.82, 2.24) is 24.7 Å². The lowest BCUT2D eigenvalue weighted by Crippen LogP contribution is -2.52. The number of piperidine rings is 2. The summed E-state index contributed by atoms with van der Waals surface area (Å²) >= 11 is 0. The molecule has 1 atom stereocenters. The van der Waals surface area contributed by atoms with Crippen LogP contribution in [0.1, 0.15) is 83.4 Å². The standard InChI is InChI=1S/C36H57N9O4/c1-8-28-33(39-26-10-9-15-45(23-26)35(47)49-36(4,5)6)41-34(31(40-28)32(37)46)38-25-11-12-29(30(22-25)48-24(2)3)44-16-13-27(14-17-44)43-20-18-42(7)19-21-43/h11-12,22,24,26-27H,8-10,13-21,23H2,1-7H3,(H2,37,46)(H2,38,39,41)/t26-/m1/s1. The third-order valence-electron chi connectivity index (χ3n) is 9.39. The zero-order valence-electron chi connectivity index (χ0n) is 30.6. The molecule has 2 aromatic rings. The van der Waals surface area contributed by atoms with Crippen LogP contribution in [-0.2, 0) is 11.2 Å². The number of nitrogens with one attached hydrogen (secondary N) is 2. The van der Waals surface area contributed by atoms with E-state index in [9.17, 15) is 9.59 Å². The molecule has 3 fully saturated rings. The van der Waals surface area contributed by atoms with E-state index in [1.165, 1.54) is 0 Å². The number of nitrogens with zero attached hydrogens (tertiary/aromatic N) is 6. The number of primary amides is 1. The molecule has 4 heterocycles. The highest BCUT2D eigenvalue weighted by atomic mass is 16.6. The van der Waals surface area contributed by atoms with E-state index in [-0.39, 0.29) is 29.8 Å². The predicted molar refractivity (Wildman–Crippen MR) is 194 cm³/mol. The number of aryl methyl sites for hydroxylation is 1. The first-order valence-electron chi connectivity index (χ1n) is 18.0. The Morgan fingerprint density at radius 3 is 2.35 bits per heavy atom. The number of rotatable bonds is 10. The average Bonchev–Trinajstić information content (AvgIpc) is 3.04. The quantitative estimate of drug-likeness (QED) is 0.322. The van der Waals surface area contributed by atoms with E-state index in [2.05, 4.69) is 43.4 Å². The fourth-order valence-electron chi connectivity index (χ4n) is 6.87. The summed E-state index contributed by atoms with van der Waals surface area (Å²) in [5, 5.41) is 6.83. The van der Waals surface area contributed by atoms with E-state index in [0.29, 0.717) is 42.8 Å². The van der Waals surface area contributed by atoms with Crippen LogP contribution in [0, 0.1) is 0 Å². The second-order valence-corrected chi connectivity index (χ2v) is 14.9. The van der Waals surface area contributed by atoms with Crippen molar-refractivity contribution in [3.05, 3.63) is 29.6 Å². The van der Waals surface area contributed by atoms with Gasteiger partial charge in [-0.3, -0.25) is 9.69 Å². The molecular weight excluding hydrogens is 622 g/mol. The summed E-state index contributed by atoms with van der Waals surface area (Å²) in [6, 6.07) is 6.60. The van der Waals surface area contributed by atoms with E-state index < -0.39 is 11.5 Å². The number of likely N-dealkylation sites (tertiary alicyclic amines) is 1. The molecule has 4 N–H and O–H groups in total. The van der Waals surface area contributed by atoms with Crippen molar-refractivity contribution in [1.29, 1.82) is 0 Å². The zero-order chi connectivity index (χ0) is 35.3. The molecule has 0 saturated carbocycles. The maximum Gasteiger partial charge on any atom is 0.410 e. The Bertz CT molecular complexity index is 1450. The lowest BCUT2D eigenvalue weighted by molar-refractivity contribution is 0.0206. The molecule has 49 heavy (non-hydrogen) atoms. The molecule has 270 valence electrons. The number of benzene rings is 1. The molecule has 3 aliphatic heterocycles. The third kappa shape index (κ3) is 9.66. The maximum absolute atomic E-state index is 12.8. The van der Waals surface area contributed by atoms with Crippen molar-refractivity contribution in [2.24, 2.45) is 5.73 Å². The number of piperazine rings is 1. The van der Waals surface area contributed by atoms with Gasteiger partial charge < -0.3 is 40.5 Å². The van der Waals surface area contributed by atoms with Crippen molar-refractivity contribution in [3.63, 3.8) is 0 Å². The van der Waals surface area contributed by atoms with Crippen molar-refractivity contribution in [3.8, 4) is 5.75 Å². The van der Waals surface area contributed by atoms with Crippen LogP contribution in [0.25, 0.3) is 0 Å². The number of anilines is 4. The van der Waals surface area contributed by atoms with Crippen LogP contribution in [0.5, 0.6) is 5.75 Å². The molecule has 13 heteroatoms. The fraction of sp³-hybridized carbons (Fsp3) is 0.667. The first kappa shape index (κ1) is 36.4. The van der Waals surface area contributed by atoms with Gasteiger partial charge in [-0.1, -0.05) is 6.92 Å². The van der Waals surface area contributed by atoms with Crippen molar-refractivity contribution >= 4 is 35.0 Å². The van der Waals surface area contributed by atoms with Gasteiger partial charge in [0.1, 0.15) is 11.4 Å². The van der Waals surface area contributed by atoms with Crippen LogP contribution in [0.2, 0.25) is 0 Å². The Morgan fingerprint density at radius 2 is 1.71 bits per heavy atom. The van der Waals surface area contributed by atoms with E-state index in [4.69, 9.17) is 20.2 Å². The molecule has 0 unspecified atom stereocenters. The molecule has 0 bridgehead atoms. The van der Waals surface area contributed by atoms with Crippen molar-refractivity contribution < 1.29 is 19.1 Å². The molecule has 3 aliphatic rings. The maximum atomic E-state index is 12.8. The van der Waals surface area contributed by atoms with E-state index in [1.54, 1.807) is 4.90 Å². The lowest BCUT2D eigenvalue weighted by Gasteiger charge is -2.42. The van der Waals surface area contributed by atoms with Crippen molar-refractivity contribution in [2.75, 3.05) is 74.9 Å². The van der Waals surface area contributed by atoms with Crippen molar-refractivity contribution in [2.45, 2.75) is 97.4 Å². The molecule has 0 aliphatic carbocycles. The van der Waals surface area contributed by atoms with Crippen LogP contribution in [0.4, 0.5) is 27.8 Å². The summed E-state index contributed by atoms with van der Waals surface area (Å²) in [5.41, 5.74) is 7.74. The van der Waals surface area contributed by atoms with Gasteiger partial charge in [-0.25, -0.2) is 14.8 Å². The minimum atomic E-state index is -0.663. The summed E-state index contributed by atoms with van der Waals surface area (Å²) in [5.74, 6) is 0.941. The number of carbonyl (C=O) groups is 2. The number of ether oxygens (including phenoxy) is 2. The molecule has 1 aromatic carbocycles. The molecule has 2 amide bonds. The minimum absolute atomic E-state index is 0.0202. The predicted octanol–water partition coefficient (Wildman–Crippen LogP) is 4.70. The van der Waals surface area contributed by atoms with Gasteiger partial charge in [-0.05, 0) is 85.9 Å². The molecular formula is C36H57N9O4. The average molecular weight is 680 g/mol. The normalized spacial score (nSPS) is 20.0. The van der Waals surface area contributed by atoms with Gasteiger partial charge in [0.05, 0.1) is 17.5 Å². The van der Waals surface area contributed by atoms with Gasteiger partial charge >= 0.3 is 6.09 Å². The monoisotopic (exact) mass is 679 g/mol.